The molecule has 0 N–H and O–H groups in total. The molecule has 2 aliphatic rings. The van der Waals surface area contributed by atoms with Gasteiger partial charge in [0, 0.05) is 30.9 Å². The highest BCUT2D eigenvalue weighted by Gasteiger charge is 2.50. The van der Waals surface area contributed by atoms with Gasteiger partial charge in [0.05, 0.1) is 0 Å². The van der Waals surface area contributed by atoms with Crippen molar-refractivity contribution in [1.29, 1.82) is 0 Å². The monoisotopic (exact) mass is 942 g/mol. The van der Waals surface area contributed by atoms with Crippen LogP contribution in [0.4, 0.5) is 0 Å². The highest BCUT2D eigenvalue weighted by Crippen LogP contribution is 2.63. The van der Waals surface area contributed by atoms with Gasteiger partial charge in [-0.15, -0.1) is 0 Å². The molecule has 6 nitrogen and oxygen atoms in total. The molecule has 0 spiro atoms. The van der Waals surface area contributed by atoms with Crippen molar-refractivity contribution in [2.24, 2.45) is 0 Å². The number of fused-ring (bicyclic) bond motifs is 10. The van der Waals surface area contributed by atoms with Gasteiger partial charge in [-0.3, -0.25) is 0 Å². The normalized spacial score (nSPS) is 14.6. The van der Waals surface area contributed by atoms with Gasteiger partial charge >= 0.3 is 0 Å². The molecule has 3 aromatic carbocycles. The molecule has 2 aromatic heterocycles. The van der Waals surface area contributed by atoms with Gasteiger partial charge in [0.25, 0.3) is 0 Å². The molecular formula is C52H72Br2N4O2. The van der Waals surface area contributed by atoms with Crippen LogP contribution in [-0.4, -0.2) is 20.6 Å². The minimum atomic E-state index is -0.134. The van der Waals surface area contributed by atoms with E-state index in [2.05, 4.69) is 94.1 Å². The zero-order valence-corrected chi connectivity index (χ0v) is 40.6. The largest absolute Gasteiger partial charge is 0.243 e. The highest BCUT2D eigenvalue weighted by atomic mass is 79.9. The van der Waals surface area contributed by atoms with Gasteiger partial charge in [0.15, 0.2) is 0 Å². The molecule has 0 saturated carbocycles. The maximum Gasteiger partial charge on any atom is 0.150 e. The van der Waals surface area contributed by atoms with Gasteiger partial charge < -0.3 is 0 Å². The van der Waals surface area contributed by atoms with Gasteiger partial charge in [-0.2, -0.15) is 0 Å². The molecular weight excluding hydrogens is 872 g/mol. The second-order valence-corrected chi connectivity index (χ2v) is 20.4. The van der Waals surface area contributed by atoms with E-state index in [4.69, 9.17) is 19.6 Å². The van der Waals surface area contributed by atoms with Crippen LogP contribution in [-0.2, 0) is 10.8 Å². The molecule has 0 unspecified atom stereocenters. The molecule has 0 fully saturated rings. The van der Waals surface area contributed by atoms with Crippen LogP contribution in [0.5, 0.6) is 0 Å². The number of nitrogens with zero attached hydrogens (tertiary/aromatic N) is 4. The van der Waals surface area contributed by atoms with Crippen molar-refractivity contribution in [1.82, 2.24) is 20.6 Å². The van der Waals surface area contributed by atoms with Crippen LogP contribution < -0.4 is 0 Å². The van der Waals surface area contributed by atoms with E-state index in [1.165, 1.54) is 199 Å². The molecule has 0 radical (unpaired) electrons. The zero-order chi connectivity index (χ0) is 42.0. The van der Waals surface area contributed by atoms with Crippen molar-refractivity contribution in [2.45, 2.75) is 218 Å². The van der Waals surface area contributed by atoms with E-state index in [-0.39, 0.29) is 10.8 Å². The van der Waals surface area contributed by atoms with Gasteiger partial charge in [-0.25, -0.2) is 9.26 Å². The predicted molar refractivity (Wildman–Crippen MR) is 257 cm³/mol. The van der Waals surface area contributed by atoms with Gasteiger partial charge in [0.1, 0.15) is 22.1 Å². The number of hydrogen-bond donors (Lipinski definition) is 0. The van der Waals surface area contributed by atoms with E-state index in [1.807, 2.05) is 0 Å². The first-order valence-electron chi connectivity index (χ1n) is 24.6. The van der Waals surface area contributed by atoms with Crippen molar-refractivity contribution < 1.29 is 9.26 Å². The van der Waals surface area contributed by atoms with Crippen LogP contribution in [0.1, 0.15) is 230 Å². The summed E-state index contributed by atoms with van der Waals surface area (Å²) in [6, 6.07) is 10.1. The number of benzene rings is 3. The quantitative estimate of drug-likeness (QED) is 0.0465. The Morgan fingerprint density at radius 1 is 0.367 bits per heavy atom. The summed E-state index contributed by atoms with van der Waals surface area (Å²) in [5, 5.41) is 18.4. The molecule has 2 aliphatic carbocycles. The van der Waals surface area contributed by atoms with Crippen molar-refractivity contribution in [3.8, 4) is 22.3 Å². The fourth-order valence-electron chi connectivity index (χ4n) is 11.4. The molecule has 0 saturated heterocycles. The van der Waals surface area contributed by atoms with E-state index in [0.29, 0.717) is 0 Å². The van der Waals surface area contributed by atoms with Crippen molar-refractivity contribution in [3.05, 3.63) is 55.5 Å². The lowest BCUT2D eigenvalue weighted by Gasteiger charge is -2.35. The van der Waals surface area contributed by atoms with E-state index in [9.17, 15) is 0 Å². The van der Waals surface area contributed by atoms with Crippen LogP contribution in [0, 0.1) is 0 Å². The molecule has 0 bridgehead atoms. The molecule has 0 atom stereocenters. The first kappa shape index (κ1) is 45.4. The van der Waals surface area contributed by atoms with Crippen LogP contribution in [0.15, 0.2) is 42.5 Å². The lowest BCUT2D eigenvalue weighted by Crippen LogP contribution is -2.27. The summed E-state index contributed by atoms with van der Waals surface area (Å²) >= 11 is 7.96. The van der Waals surface area contributed by atoms with Gasteiger partial charge in [0.2, 0.25) is 0 Å². The molecule has 326 valence electrons. The van der Waals surface area contributed by atoms with E-state index in [0.717, 1.165) is 56.7 Å². The highest BCUT2D eigenvalue weighted by molar-refractivity contribution is 9.11. The van der Waals surface area contributed by atoms with E-state index in [1.54, 1.807) is 0 Å². The minimum absolute atomic E-state index is 0.134. The third-order valence-electron chi connectivity index (χ3n) is 14.6. The first-order valence-corrected chi connectivity index (χ1v) is 26.1. The molecule has 60 heavy (non-hydrogen) atoms. The van der Waals surface area contributed by atoms with Crippen LogP contribution >= 0.6 is 31.9 Å². The Labute approximate surface area is 377 Å². The lowest BCUT2D eigenvalue weighted by atomic mass is 9.68. The number of halogens is 2. The van der Waals surface area contributed by atoms with Crippen LogP contribution in [0.2, 0.25) is 0 Å². The van der Waals surface area contributed by atoms with Crippen LogP contribution in [0.25, 0.3) is 44.3 Å². The molecule has 5 aromatic rings. The summed E-state index contributed by atoms with van der Waals surface area (Å²) in [6.45, 7) is 9.25. The topological polar surface area (TPSA) is 77.8 Å². The summed E-state index contributed by atoms with van der Waals surface area (Å²) in [5.41, 5.74) is 14.1. The number of rotatable bonds is 28. The summed E-state index contributed by atoms with van der Waals surface area (Å²) < 4.78 is 13.1. The maximum absolute atomic E-state index is 5.59. The number of unbranched alkanes of at least 4 members (excludes halogenated alkanes) is 20. The summed E-state index contributed by atoms with van der Waals surface area (Å²) in [6.07, 6.45) is 35.3. The second-order valence-electron chi connectivity index (χ2n) is 18.7. The first-order chi connectivity index (χ1) is 29.5. The number of aromatic nitrogens is 4. The van der Waals surface area contributed by atoms with Crippen molar-refractivity contribution >= 4 is 53.9 Å². The molecule has 0 amide bonds. The Morgan fingerprint density at radius 3 is 0.967 bits per heavy atom. The fourth-order valence-corrected chi connectivity index (χ4v) is 12.3. The number of hydrogen-bond acceptors (Lipinski definition) is 6. The second kappa shape index (κ2) is 21.7. The zero-order valence-electron chi connectivity index (χ0n) is 37.5. The Bertz CT molecular complexity index is 1970. The van der Waals surface area contributed by atoms with Crippen molar-refractivity contribution in [2.75, 3.05) is 0 Å². The van der Waals surface area contributed by atoms with Gasteiger partial charge in [-0.1, -0.05) is 182 Å². The van der Waals surface area contributed by atoms with Crippen LogP contribution in [0.3, 0.4) is 0 Å². The SMILES string of the molecule is CCCCCCCCC1(CCCCCCCC)c2cc3c(cc2-c2c1cc(Br)c1nonc21)C(CCCCCCCC)(CCCCCCCC)c1cc(Br)c2nonc2c1-3. The Balaban J connectivity index is 1.41. The average molecular weight is 945 g/mol. The molecule has 7 rings (SSSR count). The van der Waals surface area contributed by atoms with E-state index >= 15 is 0 Å². The molecule has 0 aliphatic heterocycles. The Hall–Kier alpha value is -2.58. The minimum Gasteiger partial charge on any atom is -0.243 e. The molecule has 8 heteroatoms. The Kier molecular flexibility index (Phi) is 16.4. The van der Waals surface area contributed by atoms with E-state index < -0.39 is 0 Å². The smallest absolute Gasteiger partial charge is 0.150 e. The van der Waals surface area contributed by atoms with Gasteiger partial charge in [-0.05, 0) is 136 Å². The maximum atomic E-state index is 5.59. The third kappa shape index (κ3) is 9.22. The molecule has 2 heterocycles. The third-order valence-corrected chi connectivity index (χ3v) is 15.8. The average Bonchev–Trinajstić information content (AvgIpc) is 4.04. The Morgan fingerprint density at radius 2 is 0.650 bits per heavy atom. The summed E-state index contributed by atoms with van der Waals surface area (Å²) in [4.78, 5) is 0. The predicted octanol–water partition coefficient (Wildman–Crippen LogP) is 17.8. The fraction of sp³-hybridized carbons (Fsp3) is 0.654. The van der Waals surface area contributed by atoms with Crippen molar-refractivity contribution in [3.63, 3.8) is 0 Å². The standard InChI is InChI=1S/C52H72Br2N4O2/c1-5-9-13-17-21-25-29-51(30-26-22-18-14-10-6-2)39-33-38-40(34-37(39)45-41(51)35-43(53)47-49(45)57-59-55-47)52(31-27-23-19-15-11-7-3,32-28-24-20-16-12-8-4)42-36-44(54)48-50(46(38)42)58-60-56-48/h33-36H,5-32H2,1-4H3. The summed E-state index contributed by atoms with van der Waals surface area (Å²) in [5.74, 6) is 0. The lowest BCUT2D eigenvalue weighted by molar-refractivity contribution is 0.315. The summed E-state index contributed by atoms with van der Waals surface area (Å²) in [7, 11) is 0.